The third-order valence-corrected chi connectivity index (χ3v) is 4.77. The van der Waals surface area contributed by atoms with Gasteiger partial charge in [0.15, 0.2) is 9.84 Å². The first kappa shape index (κ1) is 14.0. The summed E-state index contributed by atoms with van der Waals surface area (Å²) in [6.45, 7) is 3.48. The third-order valence-electron chi connectivity index (χ3n) is 2.60. The van der Waals surface area contributed by atoms with E-state index in [0.29, 0.717) is 12.2 Å². The molecule has 0 aromatic heterocycles. The van der Waals surface area contributed by atoms with E-state index >= 15 is 0 Å². The Labute approximate surface area is 103 Å². The van der Waals surface area contributed by atoms with Crippen molar-refractivity contribution in [2.75, 3.05) is 7.11 Å². The monoisotopic (exact) mass is 257 g/mol. The largest absolute Gasteiger partial charge is 0.497 e. The highest BCUT2D eigenvalue weighted by Gasteiger charge is 2.24. The molecule has 0 aliphatic rings. The van der Waals surface area contributed by atoms with E-state index in [1.54, 1.807) is 32.0 Å². The molecule has 0 saturated heterocycles. The molecule has 0 amide bonds. The first-order chi connectivity index (χ1) is 7.87. The molecule has 96 valence electrons. The molecular formula is C12H19NO3S. The van der Waals surface area contributed by atoms with Crippen LogP contribution in [0.3, 0.4) is 0 Å². The van der Waals surface area contributed by atoms with Crippen LogP contribution in [0.25, 0.3) is 0 Å². The molecule has 1 rings (SSSR count). The van der Waals surface area contributed by atoms with Gasteiger partial charge in [0.05, 0.1) is 17.3 Å². The van der Waals surface area contributed by atoms with Gasteiger partial charge in [-0.1, -0.05) is 6.07 Å². The van der Waals surface area contributed by atoms with E-state index < -0.39 is 15.1 Å². The van der Waals surface area contributed by atoms with Crippen LogP contribution in [0.5, 0.6) is 5.75 Å². The molecule has 5 heteroatoms. The van der Waals surface area contributed by atoms with Crippen LogP contribution in [-0.4, -0.2) is 26.8 Å². The molecule has 2 atom stereocenters. The maximum atomic E-state index is 12.2. The number of hydrogen-bond donors (Lipinski definition) is 1. The van der Waals surface area contributed by atoms with Gasteiger partial charge in [0, 0.05) is 6.04 Å². The molecule has 0 saturated carbocycles. The summed E-state index contributed by atoms with van der Waals surface area (Å²) in [6.07, 6.45) is 0.444. The second-order valence-corrected chi connectivity index (χ2v) is 6.61. The zero-order valence-electron chi connectivity index (χ0n) is 10.4. The fourth-order valence-corrected chi connectivity index (χ4v) is 3.23. The summed E-state index contributed by atoms with van der Waals surface area (Å²) in [7, 11) is -1.82. The van der Waals surface area contributed by atoms with Crippen molar-refractivity contribution in [2.45, 2.75) is 36.5 Å². The van der Waals surface area contributed by atoms with Crippen LogP contribution in [-0.2, 0) is 9.84 Å². The Kier molecular flexibility index (Phi) is 4.54. The van der Waals surface area contributed by atoms with Crippen molar-refractivity contribution in [1.82, 2.24) is 0 Å². The van der Waals surface area contributed by atoms with Gasteiger partial charge < -0.3 is 10.5 Å². The lowest BCUT2D eigenvalue weighted by atomic mass is 10.2. The quantitative estimate of drug-likeness (QED) is 0.869. The molecule has 0 aliphatic carbocycles. The van der Waals surface area contributed by atoms with Gasteiger partial charge in [0.1, 0.15) is 5.75 Å². The van der Waals surface area contributed by atoms with Crippen molar-refractivity contribution >= 4 is 9.84 Å². The van der Waals surface area contributed by atoms with Crippen molar-refractivity contribution in [1.29, 1.82) is 0 Å². The third kappa shape index (κ3) is 3.44. The molecule has 1 aromatic rings. The minimum atomic E-state index is -3.33. The van der Waals surface area contributed by atoms with E-state index in [-0.39, 0.29) is 10.9 Å². The van der Waals surface area contributed by atoms with E-state index in [9.17, 15) is 8.42 Å². The Bertz CT molecular complexity index is 468. The lowest BCUT2D eigenvalue weighted by molar-refractivity contribution is 0.413. The van der Waals surface area contributed by atoms with Gasteiger partial charge in [0.25, 0.3) is 0 Å². The fourth-order valence-electron chi connectivity index (χ4n) is 1.66. The zero-order chi connectivity index (χ0) is 13.1. The smallest absolute Gasteiger partial charge is 0.181 e. The van der Waals surface area contributed by atoms with E-state index in [0.717, 1.165) is 0 Å². The van der Waals surface area contributed by atoms with Gasteiger partial charge in [-0.3, -0.25) is 0 Å². The lowest BCUT2D eigenvalue weighted by Gasteiger charge is -2.15. The van der Waals surface area contributed by atoms with E-state index in [1.165, 1.54) is 13.2 Å². The molecule has 2 unspecified atom stereocenters. The number of ether oxygens (including phenoxy) is 1. The Morgan fingerprint density at radius 2 is 2.00 bits per heavy atom. The summed E-state index contributed by atoms with van der Waals surface area (Å²) in [6, 6.07) is 6.37. The summed E-state index contributed by atoms with van der Waals surface area (Å²) in [5, 5.41) is -0.491. The molecule has 17 heavy (non-hydrogen) atoms. The number of rotatable bonds is 5. The van der Waals surface area contributed by atoms with Crippen LogP contribution in [0.1, 0.15) is 20.3 Å². The first-order valence-electron chi connectivity index (χ1n) is 5.51. The molecule has 0 heterocycles. The van der Waals surface area contributed by atoms with Gasteiger partial charge >= 0.3 is 0 Å². The van der Waals surface area contributed by atoms with Gasteiger partial charge in [-0.25, -0.2) is 8.42 Å². The van der Waals surface area contributed by atoms with Gasteiger partial charge in [-0.05, 0) is 38.5 Å². The Balaban J connectivity index is 3.04. The first-order valence-corrected chi connectivity index (χ1v) is 7.06. The molecule has 0 fully saturated rings. The van der Waals surface area contributed by atoms with Crippen LogP contribution in [0.15, 0.2) is 29.2 Å². The molecule has 4 nitrogen and oxygen atoms in total. The topological polar surface area (TPSA) is 69.4 Å². The molecule has 0 spiro atoms. The van der Waals surface area contributed by atoms with Gasteiger partial charge in [0.2, 0.25) is 0 Å². The van der Waals surface area contributed by atoms with Gasteiger partial charge in [-0.2, -0.15) is 0 Å². The summed E-state index contributed by atoms with van der Waals surface area (Å²) in [5.74, 6) is 0.541. The molecule has 0 bridgehead atoms. The van der Waals surface area contributed by atoms with Crippen LogP contribution >= 0.6 is 0 Å². The summed E-state index contributed by atoms with van der Waals surface area (Å²) in [4.78, 5) is 0.282. The highest BCUT2D eigenvalue weighted by atomic mass is 32.2. The average molecular weight is 257 g/mol. The number of nitrogens with two attached hydrogens (primary N) is 1. The predicted molar refractivity (Wildman–Crippen MR) is 67.9 cm³/mol. The Morgan fingerprint density at radius 3 is 2.53 bits per heavy atom. The lowest BCUT2D eigenvalue weighted by Crippen LogP contribution is -2.27. The van der Waals surface area contributed by atoms with E-state index in [2.05, 4.69) is 0 Å². The molecule has 1 aromatic carbocycles. The standard InChI is InChI=1S/C12H19NO3S/c1-9(13)7-10(2)17(14,15)12-6-4-5-11(8-12)16-3/h4-6,8-10H,7,13H2,1-3H3. The fraction of sp³-hybridized carbons (Fsp3) is 0.500. The predicted octanol–water partition coefficient (Wildman–Crippen LogP) is 1.59. The van der Waals surface area contributed by atoms with Gasteiger partial charge in [-0.15, -0.1) is 0 Å². The van der Waals surface area contributed by atoms with Crippen LogP contribution < -0.4 is 10.5 Å². The highest BCUT2D eigenvalue weighted by Crippen LogP contribution is 2.22. The second kappa shape index (κ2) is 5.51. The Morgan fingerprint density at radius 1 is 1.35 bits per heavy atom. The molecule has 0 aliphatic heterocycles. The van der Waals surface area contributed by atoms with Crippen molar-refractivity contribution < 1.29 is 13.2 Å². The molecular weight excluding hydrogens is 238 g/mol. The van der Waals surface area contributed by atoms with Crippen molar-refractivity contribution in [3.8, 4) is 5.75 Å². The van der Waals surface area contributed by atoms with Crippen LogP contribution in [0.2, 0.25) is 0 Å². The van der Waals surface area contributed by atoms with Crippen LogP contribution in [0.4, 0.5) is 0 Å². The maximum absolute atomic E-state index is 12.2. The number of sulfone groups is 1. The molecule has 0 radical (unpaired) electrons. The van der Waals surface area contributed by atoms with E-state index in [1.807, 2.05) is 0 Å². The normalized spacial score (nSPS) is 15.3. The SMILES string of the molecule is COc1cccc(S(=O)(=O)C(C)CC(C)N)c1. The summed E-state index contributed by atoms with van der Waals surface area (Å²) < 4.78 is 29.5. The zero-order valence-corrected chi connectivity index (χ0v) is 11.2. The minimum absolute atomic E-state index is 0.134. The maximum Gasteiger partial charge on any atom is 0.181 e. The van der Waals surface area contributed by atoms with Crippen molar-refractivity contribution in [3.63, 3.8) is 0 Å². The average Bonchev–Trinajstić information content (AvgIpc) is 2.28. The number of methoxy groups -OCH3 is 1. The minimum Gasteiger partial charge on any atom is -0.497 e. The van der Waals surface area contributed by atoms with Crippen LogP contribution in [0, 0.1) is 0 Å². The highest BCUT2D eigenvalue weighted by molar-refractivity contribution is 7.92. The van der Waals surface area contributed by atoms with Crippen molar-refractivity contribution in [3.05, 3.63) is 24.3 Å². The summed E-state index contributed by atoms with van der Waals surface area (Å²) in [5.41, 5.74) is 5.64. The second-order valence-electron chi connectivity index (χ2n) is 4.25. The molecule has 2 N–H and O–H groups in total. The number of benzene rings is 1. The van der Waals surface area contributed by atoms with Crippen molar-refractivity contribution in [2.24, 2.45) is 5.73 Å². The summed E-state index contributed by atoms with van der Waals surface area (Å²) >= 11 is 0. The Hall–Kier alpha value is -1.07. The number of hydrogen-bond acceptors (Lipinski definition) is 4. The van der Waals surface area contributed by atoms with E-state index in [4.69, 9.17) is 10.5 Å².